The predicted octanol–water partition coefficient (Wildman–Crippen LogP) is 3.82. The topological polar surface area (TPSA) is 15.3 Å². The molecule has 3 unspecified atom stereocenters. The molecule has 2 saturated heterocycles. The van der Waals surface area contributed by atoms with Crippen molar-refractivity contribution in [2.45, 2.75) is 57.4 Å². The number of nitrogens with zero attached hydrogens (tertiary/aromatic N) is 1. The van der Waals surface area contributed by atoms with Crippen LogP contribution in [0.25, 0.3) is 0 Å². The molecule has 2 nitrogen and oxygen atoms in total. The summed E-state index contributed by atoms with van der Waals surface area (Å²) in [6.07, 6.45) is 8.24. The Morgan fingerprint density at radius 1 is 1.04 bits per heavy atom. The van der Waals surface area contributed by atoms with Crippen molar-refractivity contribution in [1.29, 1.82) is 0 Å². The van der Waals surface area contributed by atoms with Crippen LogP contribution in [0.3, 0.4) is 0 Å². The third kappa shape index (κ3) is 3.34. The molecule has 0 bridgehead atoms. The van der Waals surface area contributed by atoms with Crippen LogP contribution in [0.15, 0.2) is 24.3 Å². The molecule has 3 aliphatic rings. The molecule has 1 saturated carbocycles. The Morgan fingerprint density at radius 2 is 1.91 bits per heavy atom. The van der Waals surface area contributed by atoms with Crippen LogP contribution in [-0.2, 0) is 6.42 Å². The normalized spacial score (nSPS) is 34.7. The van der Waals surface area contributed by atoms with E-state index in [1.165, 1.54) is 70.3 Å². The van der Waals surface area contributed by atoms with Crippen molar-refractivity contribution in [3.63, 3.8) is 0 Å². The van der Waals surface area contributed by atoms with Gasteiger partial charge in [0, 0.05) is 12.6 Å². The van der Waals surface area contributed by atoms with Gasteiger partial charge in [0.15, 0.2) is 0 Å². The Morgan fingerprint density at radius 3 is 2.70 bits per heavy atom. The fourth-order valence-corrected chi connectivity index (χ4v) is 5.30. The maximum absolute atomic E-state index is 3.63. The first-order valence-corrected chi connectivity index (χ1v) is 9.85. The molecule has 0 amide bonds. The van der Waals surface area contributed by atoms with E-state index in [9.17, 15) is 0 Å². The standard InChI is InChI=1S/C21H32N2/c1-16-4-3-12-23(16)13-11-17-7-9-18(10-8-17)20-6-2-5-19-14-22-15-21(19)20/h7-10,16,19-22H,2-6,11-15H2,1H3/t16-,19?,20?,21?/m0/s1. The van der Waals surface area contributed by atoms with E-state index < -0.39 is 0 Å². The first-order chi connectivity index (χ1) is 11.3. The zero-order valence-electron chi connectivity index (χ0n) is 14.6. The molecule has 1 aromatic rings. The van der Waals surface area contributed by atoms with Crippen LogP contribution in [0, 0.1) is 11.8 Å². The summed E-state index contributed by atoms with van der Waals surface area (Å²) in [5, 5.41) is 3.63. The van der Waals surface area contributed by atoms with Gasteiger partial charge in [-0.25, -0.2) is 0 Å². The Balaban J connectivity index is 1.37. The highest BCUT2D eigenvalue weighted by atomic mass is 15.2. The monoisotopic (exact) mass is 312 g/mol. The molecule has 1 aromatic carbocycles. The summed E-state index contributed by atoms with van der Waals surface area (Å²) in [5.41, 5.74) is 3.12. The molecule has 2 aliphatic heterocycles. The van der Waals surface area contributed by atoms with Crippen LogP contribution >= 0.6 is 0 Å². The minimum Gasteiger partial charge on any atom is -0.316 e. The number of rotatable bonds is 4. The number of nitrogens with one attached hydrogen (secondary N) is 1. The van der Waals surface area contributed by atoms with E-state index in [0.29, 0.717) is 0 Å². The van der Waals surface area contributed by atoms with Crippen molar-refractivity contribution in [1.82, 2.24) is 10.2 Å². The highest BCUT2D eigenvalue weighted by molar-refractivity contribution is 5.27. The lowest BCUT2D eigenvalue weighted by atomic mass is 9.71. The van der Waals surface area contributed by atoms with Crippen molar-refractivity contribution in [3.05, 3.63) is 35.4 Å². The van der Waals surface area contributed by atoms with Gasteiger partial charge in [-0.15, -0.1) is 0 Å². The van der Waals surface area contributed by atoms with Gasteiger partial charge in [-0.2, -0.15) is 0 Å². The van der Waals surface area contributed by atoms with E-state index in [4.69, 9.17) is 0 Å². The largest absolute Gasteiger partial charge is 0.316 e. The molecule has 23 heavy (non-hydrogen) atoms. The third-order valence-corrected chi connectivity index (χ3v) is 6.79. The number of likely N-dealkylation sites (tertiary alicyclic amines) is 1. The Hall–Kier alpha value is -0.860. The number of benzene rings is 1. The van der Waals surface area contributed by atoms with Gasteiger partial charge in [-0.3, -0.25) is 0 Å². The lowest BCUT2D eigenvalue weighted by Gasteiger charge is -2.33. The van der Waals surface area contributed by atoms with Gasteiger partial charge in [-0.1, -0.05) is 30.7 Å². The van der Waals surface area contributed by atoms with Crippen LogP contribution in [-0.4, -0.2) is 37.1 Å². The molecule has 3 fully saturated rings. The molecule has 1 N–H and O–H groups in total. The lowest BCUT2D eigenvalue weighted by Crippen LogP contribution is -2.29. The van der Waals surface area contributed by atoms with Crippen LogP contribution in [0.2, 0.25) is 0 Å². The van der Waals surface area contributed by atoms with Crippen LogP contribution in [0.4, 0.5) is 0 Å². The third-order valence-electron chi connectivity index (χ3n) is 6.79. The first kappa shape index (κ1) is 15.7. The average molecular weight is 313 g/mol. The Kier molecular flexibility index (Phi) is 4.73. The van der Waals surface area contributed by atoms with E-state index in [1.807, 2.05) is 0 Å². The van der Waals surface area contributed by atoms with Crippen molar-refractivity contribution in [2.24, 2.45) is 11.8 Å². The van der Waals surface area contributed by atoms with Crippen molar-refractivity contribution >= 4 is 0 Å². The summed E-state index contributed by atoms with van der Waals surface area (Å²) in [7, 11) is 0. The molecule has 2 heterocycles. The summed E-state index contributed by atoms with van der Waals surface area (Å²) < 4.78 is 0. The minimum absolute atomic E-state index is 0.795. The van der Waals surface area contributed by atoms with Gasteiger partial charge in [0.2, 0.25) is 0 Å². The zero-order chi connectivity index (χ0) is 15.6. The highest BCUT2D eigenvalue weighted by Gasteiger charge is 2.36. The second kappa shape index (κ2) is 6.94. The van der Waals surface area contributed by atoms with Gasteiger partial charge >= 0.3 is 0 Å². The van der Waals surface area contributed by atoms with Crippen LogP contribution in [0.1, 0.15) is 56.1 Å². The second-order valence-electron chi connectivity index (χ2n) is 8.14. The van der Waals surface area contributed by atoms with Gasteiger partial charge < -0.3 is 10.2 Å². The van der Waals surface area contributed by atoms with Crippen molar-refractivity contribution in [3.8, 4) is 0 Å². The maximum atomic E-state index is 3.63. The summed E-state index contributed by atoms with van der Waals surface area (Å²) in [5.74, 6) is 2.63. The SMILES string of the molecule is C[C@H]1CCCN1CCc1ccc(C2CCCC3CNCC32)cc1. The smallest absolute Gasteiger partial charge is 0.00675 e. The van der Waals surface area contributed by atoms with Crippen molar-refractivity contribution < 1.29 is 0 Å². The van der Waals surface area contributed by atoms with Crippen LogP contribution in [0.5, 0.6) is 0 Å². The zero-order valence-corrected chi connectivity index (χ0v) is 14.6. The molecule has 1 aliphatic carbocycles. The lowest BCUT2D eigenvalue weighted by molar-refractivity contribution is 0.258. The quantitative estimate of drug-likeness (QED) is 0.909. The molecular formula is C21H32N2. The molecule has 4 rings (SSSR count). The summed E-state index contributed by atoms with van der Waals surface area (Å²) in [6.45, 7) is 7.42. The number of fused-ring (bicyclic) bond motifs is 1. The molecule has 2 heteroatoms. The average Bonchev–Trinajstić information content (AvgIpc) is 3.22. The van der Waals surface area contributed by atoms with Gasteiger partial charge in [0.25, 0.3) is 0 Å². The maximum Gasteiger partial charge on any atom is 0.00675 e. The van der Waals surface area contributed by atoms with Gasteiger partial charge in [0.1, 0.15) is 0 Å². The minimum atomic E-state index is 0.795. The predicted molar refractivity (Wildman–Crippen MR) is 96.9 cm³/mol. The van der Waals surface area contributed by atoms with Crippen molar-refractivity contribution in [2.75, 3.05) is 26.2 Å². The summed E-state index contributed by atoms with van der Waals surface area (Å²) in [4.78, 5) is 2.66. The van der Waals surface area contributed by atoms with E-state index in [0.717, 1.165) is 23.8 Å². The Labute approximate surface area is 141 Å². The molecular weight excluding hydrogens is 280 g/mol. The van der Waals surface area contributed by atoms with Gasteiger partial charge in [0.05, 0.1) is 0 Å². The summed E-state index contributed by atoms with van der Waals surface area (Å²) in [6, 6.07) is 10.5. The fraction of sp³-hybridized carbons (Fsp3) is 0.714. The highest BCUT2D eigenvalue weighted by Crippen LogP contribution is 2.42. The molecule has 4 atom stereocenters. The van der Waals surface area contributed by atoms with E-state index in [-0.39, 0.29) is 0 Å². The molecule has 126 valence electrons. The summed E-state index contributed by atoms with van der Waals surface area (Å²) >= 11 is 0. The van der Waals surface area contributed by atoms with Crippen LogP contribution < -0.4 is 5.32 Å². The van der Waals surface area contributed by atoms with E-state index in [1.54, 1.807) is 5.56 Å². The van der Waals surface area contributed by atoms with E-state index in [2.05, 4.69) is 41.4 Å². The van der Waals surface area contributed by atoms with E-state index >= 15 is 0 Å². The number of hydrogen-bond acceptors (Lipinski definition) is 2. The number of hydrogen-bond donors (Lipinski definition) is 1. The molecule has 0 spiro atoms. The second-order valence-corrected chi connectivity index (χ2v) is 8.14. The first-order valence-electron chi connectivity index (χ1n) is 9.85. The molecule has 0 aromatic heterocycles. The van der Waals surface area contributed by atoms with Gasteiger partial charge in [-0.05, 0) is 87.5 Å². The molecule has 0 radical (unpaired) electrons. The fourth-order valence-electron chi connectivity index (χ4n) is 5.30. The Bertz CT molecular complexity index is 509.